The largest absolute Gasteiger partial charge is 0.395 e. The number of nitrogens with zero attached hydrogens (tertiary/aromatic N) is 2. The number of aliphatic hydroxyl groups is 1. The summed E-state index contributed by atoms with van der Waals surface area (Å²) in [6, 6.07) is 9.91. The molecule has 1 unspecified atom stereocenters. The molecule has 2 aliphatic rings. The van der Waals surface area contributed by atoms with E-state index in [9.17, 15) is 14.7 Å². The number of hydrogen-bond donors (Lipinski definition) is 1. The van der Waals surface area contributed by atoms with Crippen LogP contribution in [0.4, 0.5) is 0 Å². The topological polar surface area (TPSA) is 60.9 Å². The van der Waals surface area contributed by atoms with E-state index in [4.69, 9.17) is 0 Å². The van der Waals surface area contributed by atoms with Gasteiger partial charge in [-0.1, -0.05) is 18.2 Å². The molecule has 6 heteroatoms. The summed E-state index contributed by atoms with van der Waals surface area (Å²) < 4.78 is 1.09. The number of thiophene rings is 1. The third kappa shape index (κ3) is 2.64. The average Bonchev–Trinajstić information content (AvgIpc) is 3.23. The first-order valence-corrected chi connectivity index (χ1v) is 9.68. The molecule has 2 aliphatic heterocycles. The van der Waals surface area contributed by atoms with Crippen LogP contribution in [0.5, 0.6) is 0 Å². The SMILES string of the molecule is O=C(c1cc2ccccc2s1)N1CCCC12CCCN(CCO)C2=O. The van der Waals surface area contributed by atoms with E-state index in [0.29, 0.717) is 24.5 Å². The molecule has 2 fully saturated rings. The van der Waals surface area contributed by atoms with Crippen LogP contribution in [0.3, 0.4) is 0 Å². The van der Waals surface area contributed by atoms with Gasteiger partial charge in [-0.2, -0.15) is 0 Å². The van der Waals surface area contributed by atoms with Crippen molar-refractivity contribution in [3.8, 4) is 0 Å². The number of amides is 2. The molecule has 3 heterocycles. The molecule has 0 saturated carbocycles. The Balaban J connectivity index is 1.66. The maximum atomic E-state index is 13.2. The molecule has 1 aromatic heterocycles. The lowest BCUT2D eigenvalue weighted by Crippen LogP contribution is -2.61. The number of fused-ring (bicyclic) bond motifs is 1. The third-order valence-corrected chi connectivity index (χ3v) is 6.55. The number of β-amino-alcohol motifs (C(OH)–C–C–N with tert-alkyl or cyclic N) is 1. The van der Waals surface area contributed by atoms with Crippen LogP contribution in [0.25, 0.3) is 10.1 Å². The Morgan fingerprint density at radius 1 is 1.20 bits per heavy atom. The summed E-state index contributed by atoms with van der Waals surface area (Å²) in [5.74, 6) is -0.0161. The van der Waals surface area contributed by atoms with Gasteiger partial charge < -0.3 is 14.9 Å². The van der Waals surface area contributed by atoms with Gasteiger partial charge in [-0.15, -0.1) is 11.3 Å². The lowest BCUT2D eigenvalue weighted by molar-refractivity contribution is -0.146. The predicted molar refractivity (Wildman–Crippen MR) is 97.7 cm³/mol. The van der Waals surface area contributed by atoms with Gasteiger partial charge in [0.05, 0.1) is 11.5 Å². The van der Waals surface area contributed by atoms with Gasteiger partial charge in [0.15, 0.2) is 0 Å². The molecule has 2 saturated heterocycles. The van der Waals surface area contributed by atoms with Crippen molar-refractivity contribution in [1.82, 2.24) is 9.80 Å². The molecular formula is C19H22N2O3S. The van der Waals surface area contributed by atoms with E-state index in [1.165, 1.54) is 11.3 Å². The van der Waals surface area contributed by atoms with Crippen molar-refractivity contribution >= 4 is 33.2 Å². The van der Waals surface area contributed by atoms with Gasteiger partial charge in [0.25, 0.3) is 5.91 Å². The van der Waals surface area contributed by atoms with Crippen LogP contribution in [0.15, 0.2) is 30.3 Å². The smallest absolute Gasteiger partial charge is 0.264 e. The standard InChI is InChI=1S/C19H22N2O3S/c22-12-11-20-9-3-7-19(18(20)24)8-4-10-21(19)17(23)16-13-14-5-1-2-6-15(14)25-16/h1-2,5-6,13,22H,3-4,7-12H2. The second-order valence-electron chi connectivity index (χ2n) is 6.86. The molecule has 1 aromatic carbocycles. The van der Waals surface area contributed by atoms with Gasteiger partial charge >= 0.3 is 0 Å². The summed E-state index contributed by atoms with van der Waals surface area (Å²) in [6.07, 6.45) is 3.19. The number of carbonyl (C=O) groups is 2. The molecule has 0 bridgehead atoms. The lowest BCUT2D eigenvalue weighted by Gasteiger charge is -2.44. The molecule has 2 amide bonds. The maximum Gasteiger partial charge on any atom is 0.264 e. The Hall–Kier alpha value is -1.92. The summed E-state index contributed by atoms with van der Waals surface area (Å²) in [5.41, 5.74) is -0.708. The molecule has 4 rings (SSSR count). The number of likely N-dealkylation sites (tertiary alicyclic amines) is 2. The van der Waals surface area contributed by atoms with E-state index >= 15 is 0 Å². The van der Waals surface area contributed by atoms with Crippen LogP contribution in [-0.4, -0.2) is 58.5 Å². The van der Waals surface area contributed by atoms with Crippen molar-refractivity contribution in [2.45, 2.75) is 31.2 Å². The first kappa shape index (κ1) is 16.5. The highest BCUT2D eigenvalue weighted by atomic mass is 32.1. The van der Waals surface area contributed by atoms with Crippen LogP contribution in [0.2, 0.25) is 0 Å². The highest BCUT2D eigenvalue weighted by molar-refractivity contribution is 7.20. The molecule has 1 N–H and O–H groups in total. The van der Waals surface area contributed by atoms with Crippen molar-refractivity contribution in [3.05, 3.63) is 35.2 Å². The van der Waals surface area contributed by atoms with Crippen molar-refractivity contribution in [2.24, 2.45) is 0 Å². The van der Waals surface area contributed by atoms with Gasteiger partial charge in [-0.3, -0.25) is 9.59 Å². The predicted octanol–water partition coefficient (Wildman–Crippen LogP) is 2.49. The summed E-state index contributed by atoms with van der Waals surface area (Å²) in [4.78, 5) is 30.5. The highest BCUT2D eigenvalue weighted by Crippen LogP contribution is 2.40. The Kier molecular flexibility index (Phi) is 4.25. The summed E-state index contributed by atoms with van der Waals surface area (Å²) in [5, 5.41) is 10.3. The van der Waals surface area contributed by atoms with Gasteiger partial charge in [0.2, 0.25) is 5.91 Å². The zero-order valence-electron chi connectivity index (χ0n) is 14.1. The van der Waals surface area contributed by atoms with Crippen LogP contribution in [0, 0.1) is 0 Å². The number of carbonyl (C=O) groups excluding carboxylic acids is 2. The highest BCUT2D eigenvalue weighted by Gasteiger charge is 2.52. The molecule has 1 atom stereocenters. The maximum absolute atomic E-state index is 13.2. The first-order valence-electron chi connectivity index (χ1n) is 8.86. The number of benzene rings is 1. The van der Waals surface area contributed by atoms with Crippen molar-refractivity contribution in [1.29, 1.82) is 0 Å². The van der Waals surface area contributed by atoms with Crippen LogP contribution in [-0.2, 0) is 4.79 Å². The van der Waals surface area contributed by atoms with Gasteiger partial charge in [-0.05, 0) is 43.2 Å². The molecule has 5 nitrogen and oxygen atoms in total. The minimum absolute atomic E-state index is 0.0137. The summed E-state index contributed by atoms with van der Waals surface area (Å²) in [6.45, 7) is 1.62. The van der Waals surface area contributed by atoms with Gasteiger partial charge in [-0.25, -0.2) is 0 Å². The van der Waals surface area contributed by atoms with E-state index < -0.39 is 5.54 Å². The van der Waals surface area contributed by atoms with Crippen molar-refractivity contribution in [2.75, 3.05) is 26.2 Å². The fraction of sp³-hybridized carbons (Fsp3) is 0.474. The van der Waals surface area contributed by atoms with Crippen LogP contribution in [0.1, 0.15) is 35.4 Å². The molecular weight excluding hydrogens is 336 g/mol. The second-order valence-corrected chi connectivity index (χ2v) is 7.94. The zero-order valence-corrected chi connectivity index (χ0v) is 14.9. The van der Waals surface area contributed by atoms with E-state index in [2.05, 4.69) is 0 Å². The number of hydrogen-bond acceptors (Lipinski definition) is 4. The molecule has 25 heavy (non-hydrogen) atoms. The fourth-order valence-corrected chi connectivity index (χ4v) is 5.29. The zero-order chi connectivity index (χ0) is 17.4. The van der Waals surface area contributed by atoms with Gasteiger partial charge in [0, 0.05) is 24.3 Å². The number of piperidine rings is 1. The Morgan fingerprint density at radius 2 is 1.96 bits per heavy atom. The Morgan fingerprint density at radius 3 is 2.72 bits per heavy atom. The molecule has 0 aliphatic carbocycles. The quantitative estimate of drug-likeness (QED) is 0.917. The Labute approximate surface area is 150 Å². The number of aliphatic hydroxyl groups excluding tert-OH is 1. The monoisotopic (exact) mass is 358 g/mol. The molecule has 2 aromatic rings. The van der Waals surface area contributed by atoms with Crippen molar-refractivity contribution in [3.63, 3.8) is 0 Å². The first-order chi connectivity index (χ1) is 12.2. The second kappa shape index (κ2) is 6.42. The van der Waals surface area contributed by atoms with Gasteiger partial charge in [0.1, 0.15) is 5.54 Å². The van der Waals surface area contributed by atoms with Crippen molar-refractivity contribution < 1.29 is 14.7 Å². The summed E-state index contributed by atoms with van der Waals surface area (Å²) >= 11 is 1.50. The normalized spacial score (nSPS) is 23.8. The average molecular weight is 358 g/mol. The third-order valence-electron chi connectivity index (χ3n) is 5.44. The van der Waals surface area contributed by atoms with Crippen LogP contribution < -0.4 is 0 Å². The minimum Gasteiger partial charge on any atom is -0.395 e. The Bertz CT molecular complexity index is 783. The molecule has 1 spiro atoms. The van der Waals surface area contributed by atoms with E-state index in [1.807, 2.05) is 35.2 Å². The van der Waals surface area contributed by atoms with E-state index in [1.54, 1.807) is 4.90 Å². The molecule has 132 valence electrons. The number of rotatable bonds is 3. The lowest BCUT2D eigenvalue weighted by atomic mass is 9.85. The summed E-state index contributed by atoms with van der Waals surface area (Å²) in [7, 11) is 0. The van der Waals surface area contributed by atoms with Crippen LogP contribution >= 0.6 is 11.3 Å². The fourth-order valence-electron chi connectivity index (χ4n) is 4.28. The van der Waals surface area contributed by atoms with E-state index in [0.717, 1.165) is 35.8 Å². The minimum atomic E-state index is -0.708. The van der Waals surface area contributed by atoms with E-state index in [-0.39, 0.29) is 18.4 Å². The molecule has 0 radical (unpaired) electrons.